The summed E-state index contributed by atoms with van der Waals surface area (Å²) in [5.74, 6) is 0.266. The zero-order chi connectivity index (χ0) is 23.4. The number of fused-ring (bicyclic) bond motifs is 1. The molecule has 0 bridgehead atoms. The smallest absolute Gasteiger partial charge is 0.245 e. The van der Waals surface area contributed by atoms with E-state index in [9.17, 15) is 13.2 Å². The molecule has 0 saturated carbocycles. The van der Waals surface area contributed by atoms with E-state index in [1.807, 2.05) is 30.3 Å². The molecule has 0 radical (unpaired) electrons. The summed E-state index contributed by atoms with van der Waals surface area (Å²) in [6, 6.07) is 20.0. The van der Waals surface area contributed by atoms with Gasteiger partial charge in [0.25, 0.3) is 0 Å². The average molecular weight is 483 g/mol. The second-order valence-electron chi connectivity index (χ2n) is 7.35. The maximum atomic E-state index is 13.5. The predicted molar refractivity (Wildman–Crippen MR) is 128 cm³/mol. The molecule has 0 fully saturated rings. The number of likely N-dealkylation sites (N-methyl/N-ethyl adjacent to an activating group) is 1. The maximum absolute atomic E-state index is 13.5. The molecule has 1 atom stereocenters. The first-order valence-corrected chi connectivity index (χ1v) is 12.3. The van der Waals surface area contributed by atoms with Gasteiger partial charge in [-0.3, -0.25) is 4.79 Å². The van der Waals surface area contributed by atoms with Gasteiger partial charge < -0.3 is 9.64 Å². The van der Waals surface area contributed by atoms with Crippen molar-refractivity contribution in [2.75, 3.05) is 19.1 Å². The van der Waals surface area contributed by atoms with E-state index in [4.69, 9.17) is 4.74 Å². The number of benzene rings is 3. The standard InChI is InChI=1S/C23H22N4O4S2/c1-27(17-11-13-18(31-2)14-12-17)23(28)20(15-16-7-4-3-5-8-16)26-33(29,30)21-10-6-9-19-22(21)25-32-24-19/h3-14,20,26H,15H2,1-2H3/t20-/m1/s1. The minimum atomic E-state index is -4.06. The van der Waals surface area contributed by atoms with Crippen molar-refractivity contribution in [2.45, 2.75) is 17.4 Å². The normalized spacial score (nSPS) is 12.4. The Kier molecular flexibility index (Phi) is 6.68. The summed E-state index contributed by atoms with van der Waals surface area (Å²) < 4.78 is 42.7. The van der Waals surface area contributed by atoms with Gasteiger partial charge in [-0.1, -0.05) is 36.4 Å². The van der Waals surface area contributed by atoms with Gasteiger partial charge in [0.2, 0.25) is 15.9 Å². The zero-order valence-electron chi connectivity index (χ0n) is 18.0. The number of hydrogen-bond acceptors (Lipinski definition) is 7. The first-order chi connectivity index (χ1) is 15.9. The summed E-state index contributed by atoms with van der Waals surface area (Å²) in [5, 5.41) is 0. The third-order valence-corrected chi connectivity index (χ3v) is 7.25. The lowest BCUT2D eigenvalue weighted by Crippen LogP contribution is -2.48. The Morgan fingerprint density at radius 2 is 1.76 bits per heavy atom. The van der Waals surface area contributed by atoms with Crippen molar-refractivity contribution in [3.05, 3.63) is 78.4 Å². The largest absolute Gasteiger partial charge is 0.497 e. The highest BCUT2D eigenvalue weighted by molar-refractivity contribution is 7.89. The summed E-state index contributed by atoms with van der Waals surface area (Å²) in [6.07, 6.45) is 0.185. The van der Waals surface area contributed by atoms with Crippen LogP contribution in [0.4, 0.5) is 5.69 Å². The molecule has 3 aromatic carbocycles. The van der Waals surface area contributed by atoms with Gasteiger partial charge in [-0.25, -0.2) is 8.42 Å². The molecule has 0 aliphatic heterocycles. The fraction of sp³-hybridized carbons (Fsp3) is 0.174. The van der Waals surface area contributed by atoms with Crippen LogP contribution >= 0.6 is 11.7 Å². The highest BCUT2D eigenvalue weighted by Crippen LogP contribution is 2.23. The Bertz CT molecular complexity index is 1360. The number of methoxy groups -OCH3 is 1. The van der Waals surface area contributed by atoms with Crippen molar-refractivity contribution in [2.24, 2.45) is 0 Å². The molecule has 10 heteroatoms. The van der Waals surface area contributed by atoms with Gasteiger partial charge in [0.05, 0.1) is 18.8 Å². The number of anilines is 1. The van der Waals surface area contributed by atoms with Gasteiger partial charge in [-0.05, 0) is 48.4 Å². The number of amides is 1. The van der Waals surface area contributed by atoms with Crippen LogP contribution in [0.3, 0.4) is 0 Å². The molecule has 1 N–H and O–H groups in total. The molecule has 4 aromatic rings. The summed E-state index contributed by atoms with van der Waals surface area (Å²) in [6.45, 7) is 0. The molecule has 0 spiro atoms. The summed E-state index contributed by atoms with van der Waals surface area (Å²) in [4.78, 5) is 14.9. The number of carbonyl (C=O) groups is 1. The van der Waals surface area contributed by atoms with Gasteiger partial charge in [0.15, 0.2) is 0 Å². The van der Waals surface area contributed by atoms with Crippen LogP contribution in [0.25, 0.3) is 11.0 Å². The summed E-state index contributed by atoms with van der Waals surface area (Å²) >= 11 is 0.938. The van der Waals surface area contributed by atoms with Crippen molar-refractivity contribution in [1.82, 2.24) is 13.5 Å². The number of nitrogens with zero attached hydrogens (tertiary/aromatic N) is 3. The van der Waals surface area contributed by atoms with Crippen LogP contribution in [0.15, 0.2) is 77.7 Å². The topological polar surface area (TPSA) is 101 Å². The SMILES string of the molecule is COc1ccc(N(C)C(=O)[C@@H](Cc2ccccc2)NS(=O)(=O)c2cccc3nsnc23)cc1. The van der Waals surface area contributed by atoms with E-state index in [1.54, 1.807) is 50.6 Å². The van der Waals surface area contributed by atoms with Gasteiger partial charge in [-0.2, -0.15) is 13.5 Å². The first kappa shape index (κ1) is 22.8. The molecule has 1 aromatic heterocycles. The molecule has 170 valence electrons. The molecule has 0 unspecified atom stereocenters. The number of sulfonamides is 1. The van der Waals surface area contributed by atoms with Crippen molar-refractivity contribution >= 4 is 44.4 Å². The second-order valence-corrected chi connectivity index (χ2v) is 9.56. The van der Waals surface area contributed by atoms with Crippen molar-refractivity contribution in [1.29, 1.82) is 0 Å². The summed E-state index contributed by atoms with van der Waals surface area (Å²) in [7, 11) is -0.886. The molecule has 8 nitrogen and oxygen atoms in total. The second kappa shape index (κ2) is 9.65. The number of carbonyl (C=O) groups excluding carboxylic acids is 1. The van der Waals surface area contributed by atoms with Gasteiger partial charge in [0, 0.05) is 12.7 Å². The lowest BCUT2D eigenvalue weighted by atomic mass is 10.1. The Morgan fingerprint density at radius 3 is 2.45 bits per heavy atom. The molecular weight excluding hydrogens is 460 g/mol. The van der Waals surface area contributed by atoms with Crippen LogP contribution in [0, 0.1) is 0 Å². The van der Waals surface area contributed by atoms with E-state index in [0.29, 0.717) is 17.0 Å². The average Bonchev–Trinajstić information content (AvgIpc) is 3.32. The van der Waals surface area contributed by atoms with Crippen LogP contribution < -0.4 is 14.4 Å². The third-order valence-electron chi connectivity index (χ3n) is 5.21. The van der Waals surface area contributed by atoms with Crippen molar-refractivity contribution < 1.29 is 17.9 Å². The molecule has 1 heterocycles. The number of hydrogen-bond donors (Lipinski definition) is 1. The Labute approximate surface area is 196 Å². The molecule has 4 rings (SSSR count). The van der Waals surface area contributed by atoms with Crippen molar-refractivity contribution in [3.63, 3.8) is 0 Å². The summed E-state index contributed by atoms with van der Waals surface area (Å²) in [5.41, 5.74) is 2.22. The number of rotatable bonds is 8. The maximum Gasteiger partial charge on any atom is 0.245 e. The fourth-order valence-corrected chi connectivity index (χ4v) is 5.40. The highest BCUT2D eigenvalue weighted by Gasteiger charge is 2.30. The number of nitrogens with one attached hydrogen (secondary N) is 1. The Morgan fingerprint density at radius 1 is 1.03 bits per heavy atom. The first-order valence-electron chi connectivity index (χ1n) is 10.1. The molecule has 0 aliphatic rings. The Balaban J connectivity index is 1.66. The molecule has 33 heavy (non-hydrogen) atoms. The number of aromatic nitrogens is 2. The van der Waals surface area contributed by atoms with Crippen LogP contribution in [0.2, 0.25) is 0 Å². The molecule has 1 amide bonds. The van der Waals surface area contributed by atoms with Gasteiger partial charge in [-0.15, -0.1) is 0 Å². The van der Waals surface area contributed by atoms with Crippen LogP contribution in [-0.2, 0) is 21.2 Å². The van der Waals surface area contributed by atoms with E-state index in [0.717, 1.165) is 17.3 Å². The lowest BCUT2D eigenvalue weighted by molar-refractivity contribution is -0.119. The number of ether oxygens (including phenoxy) is 1. The van der Waals surface area contributed by atoms with E-state index in [1.165, 1.54) is 11.0 Å². The Hall–Kier alpha value is -3.34. The van der Waals surface area contributed by atoms with E-state index >= 15 is 0 Å². The minimum absolute atomic E-state index is 0.00767. The van der Waals surface area contributed by atoms with E-state index in [-0.39, 0.29) is 16.8 Å². The lowest BCUT2D eigenvalue weighted by Gasteiger charge is -2.25. The molecule has 0 aliphatic carbocycles. The molecule has 0 saturated heterocycles. The van der Waals surface area contributed by atoms with Crippen LogP contribution in [-0.4, -0.2) is 43.3 Å². The van der Waals surface area contributed by atoms with Crippen molar-refractivity contribution in [3.8, 4) is 5.75 Å². The highest BCUT2D eigenvalue weighted by atomic mass is 32.2. The van der Waals surface area contributed by atoms with Gasteiger partial charge >= 0.3 is 0 Å². The minimum Gasteiger partial charge on any atom is -0.497 e. The van der Waals surface area contributed by atoms with E-state index in [2.05, 4.69) is 13.5 Å². The van der Waals surface area contributed by atoms with E-state index < -0.39 is 22.0 Å². The monoisotopic (exact) mass is 482 g/mol. The zero-order valence-corrected chi connectivity index (χ0v) is 19.6. The fourth-order valence-electron chi connectivity index (χ4n) is 3.45. The predicted octanol–water partition coefficient (Wildman–Crippen LogP) is 3.25. The van der Waals surface area contributed by atoms with Crippen LogP contribution in [0.5, 0.6) is 5.75 Å². The third kappa shape index (κ3) is 5.03. The molecular formula is C23H22N4O4S2. The quantitative estimate of drug-likeness (QED) is 0.414. The van der Waals surface area contributed by atoms with Gasteiger partial charge in [0.1, 0.15) is 27.7 Å². The van der Waals surface area contributed by atoms with Crippen LogP contribution in [0.1, 0.15) is 5.56 Å².